The molecule has 0 spiro atoms. The van der Waals surface area contributed by atoms with E-state index in [9.17, 15) is 9.59 Å². The summed E-state index contributed by atoms with van der Waals surface area (Å²) in [7, 11) is 1.60. The van der Waals surface area contributed by atoms with E-state index in [0.29, 0.717) is 22.1 Å². The van der Waals surface area contributed by atoms with Gasteiger partial charge in [0.1, 0.15) is 22.2 Å². The summed E-state index contributed by atoms with van der Waals surface area (Å²) in [5.41, 5.74) is 1.53. The maximum absolute atomic E-state index is 13.0. The fourth-order valence-corrected chi connectivity index (χ4v) is 3.97. The maximum Gasteiger partial charge on any atom is 0.249 e. The number of hydrogen-bond acceptors (Lipinski definition) is 6. The molecule has 3 atom stereocenters. The summed E-state index contributed by atoms with van der Waals surface area (Å²) in [6, 6.07) is 15.7. The number of carbonyl (C=O) groups excluding carboxylic acids is 2. The second kappa shape index (κ2) is 11.1. The summed E-state index contributed by atoms with van der Waals surface area (Å²) in [6.45, 7) is 3.86. The zero-order valence-corrected chi connectivity index (χ0v) is 19.6. The number of aromatic nitrogens is 2. The second-order valence-corrected chi connectivity index (χ2v) is 8.69. The van der Waals surface area contributed by atoms with Crippen LogP contribution in [0.3, 0.4) is 0 Å². The quantitative estimate of drug-likeness (QED) is 0.441. The second-order valence-electron chi connectivity index (χ2n) is 7.28. The highest BCUT2D eigenvalue weighted by Crippen LogP contribution is 2.28. The molecule has 0 radical (unpaired) electrons. The van der Waals surface area contributed by atoms with E-state index in [-0.39, 0.29) is 11.8 Å². The summed E-state index contributed by atoms with van der Waals surface area (Å²) in [5, 5.41) is 13.9. The minimum Gasteiger partial charge on any atom is -0.497 e. The third-order valence-electron chi connectivity index (χ3n) is 5.11. The number of nitrogens with one attached hydrogen (secondary N) is 2. The molecule has 9 heteroatoms. The van der Waals surface area contributed by atoms with Gasteiger partial charge in [-0.1, -0.05) is 61.9 Å². The number of nitrogens with zero attached hydrogens (tertiary/aromatic N) is 2. The van der Waals surface area contributed by atoms with Gasteiger partial charge in [-0.05, 0) is 35.7 Å². The van der Waals surface area contributed by atoms with Crippen LogP contribution in [0.4, 0.5) is 5.13 Å². The maximum atomic E-state index is 13.0. The lowest BCUT2D eigenvalue weighted by Gasteiger charge is -2.24. The first kappa shape index (κ1) is 23.7. The molecule has 0 aliphatic heterocycles. The Kier molecular flexibility index (Phi) is 8.19. The van der Waals surface area contributed by atoms with Gasteiger partial charge in [0, 0.05) is 5.56 Å². The number of ether oxygens (including phenoxy) is 1. The van der Waals surface area contributed by atoms with Gasteiger partial charge in [-0.2, -0.15) is 0 Å². The van der Waals surface area contributed by atoms with Gasteiger partial charge in [-0.3, -0.25) is 14.9 Å². The number of halogens is 1. The molecule has 2 amide bonds. The SMILES string of the molecule is CCC(C)C(NC(=O)C(Cl)c1ccccc1)C(=O)Nc1nnc(-c2ccc(OC)cc2)s1. The molecule has 32 heavy (non-hydrogen) atoms. The molecule has 0 saturated carbocycles. The molecule has 7 nitrogen and oxygen atoms in total. The summed E-state index contributed by atoms with van der Waals surface area (Å²) < 4.78 is 5.17. The van der Waals surface area contributed by atoms with Gasteiger partial charge in [0.05, 0.1) is 7.11 Å². The monoisotopic (exact) mass is 472 g/mol. The van der Waals surface area contributed by atoms with Crippen molar-refractivity contribution in [1.29, 1.82) is 0 Å². The van der Waals surface area contributed by atoms with E-state index in [1.807, 2.05) is 56.3 Å². The van der Waals surface area contributed by atoms with E-state index < -0.39 is 17.3 Å². The standard InChI is InChI=1S/C23H25ClN4O3S/c1-4-14(2)19(25-20(29)18(24)15-8-6-5-7-9-15)21(30)26-23-28-27-22(32-23)16-10-12-17(31-3)13-11-16/h5-14,18-19H,4H2,1-3H3,(H,25,29)(H,26,28,30). The van der Waals surface area contributed by atoms with Gasteiger partial charge in [0.2, 0.25) is 16.9 Å². The number of rotatable bonds is 9. The Bertz CT molecular complexity index is 1040. The fourth-order valence-electron chi connectivity index (χ4n) is 3.01. The lowest BCUT2D eigenvalue weighted by Crippen LogP contribution is -2.48. The Morgan fingerprint density at radius 2 is 1.75 bits per heavy atom. The molecule has 3 unspecified atom stereocenters. The first-order valence-corrected chi connectivity index (χ1v) is 11.5. The average molecular weight is 473 g/mol. The van der Waals surface area contributed by atoms with Crippen molar-refractivity contribution in [3.05, 3.63) is 60.2 Å². The zero-order chi connectivity index (χ0) is 23.1. The number of hydrogen-bond donors (Lipinski definition) is 2. The van der Waals surface area contributed by atoms with Crippen molar-refractivity contribution < 1.29 is 14.3 Å². The first-order valence-electron chi connectivity index (χ1n) is 10.2. The highest BCUT2D eigenvalue weighted by molar-refractivity contribution is 7.18. The Balaban J connectivity index is 1.69. The number of anilines is 1. The van der Waals surface area contributed by atoms with Crippen molar-refractivity contribution in [2.45, 2.75) is 31.7 Å². The van der Waals surface area contributed by atoms with Gasteiger partial charge in [-0.25, -0.2) is 0 Å². The van der Waals surface area contributed by atoms with Crippen LogP contribution in [0.2, 0.25) is 0 Å². The van der Waals surface area contributed by atoms with E-state index in [0.717, 1.165) is 11.3 Å². The van der Waals surface area contributed by atoms with Crippen LogP contribution in [0.25, 0.3) is 10.6 Å². The van der Waals surface area contributed by atoms with Gasteiger partial charge in [-0.15, -0.1) is 21.8 Å². The molecule has 168 valence electrons. The normalized spacial score (nSPS) is 13.6. The molecule has 1 aromatic heterocycles. The number of carbonyl (C=O) groups is 2. The van der Waals surface area contributed by atoms with Crippen LogP contribution in [0.1, 0.15) is 31.2 Å². The molecule has 3 aromatic rings. The summed E-state index contributed by atoms with van der Waals surface area (Å²) >= 11 is 7.59. The van der Waals surface area contributed by atoms with Crippen molar-refractivity contribution in [1.82, 2.24) is 15.5 Å². The van der Waals surface area contributed by atoms with Crippen molar-refractivity contribution in [3.63, 3.8) is 0 Å². The van der Waals surface area contributed by atoms with E-state index in [2.05, 4.69) is 20.8 Å². The van der Waals surface area contributed by atoms with E-state index in [4.69, 9.17) is 16.3 Å². The van der Waals surface area contributed by atoms with Crippen LogP contribution >= 0.6 is 22.9 Å². The van der Waals surface area contributed by atoms with Crippen LogP contribution in [0.15, 0.2) is 54.6 Å². The number of amides is 2. The average Bonchev–Trinajstić information content (AvgIpc) is 3.30. The third-order valence-corrected chi connectivity index (χ3v) is 6.45. The Labute approximate surface area is 196 Å². The van der Waals surface area contributed by atoms with Gasteiger partial charge < -0.3 is 10.1 Å². The highest BCUT2D eigenvalue weighted by Gasteiger charge is 2.29. The molecule has 2 aromatic carbocycles. The summed E-state index contributed by atoms with van der Waals surface area (Å²) in [6.07, 6.45) is 0.698. The smallest absolute Gasteiger partial charge is 0.249 e. The Morgan fingerprint density at radius 3 is 2.38 bits per heavy atom. The van der Waals surface area contributed by atoms with Crippen LogP contribution in [0.5, 0.6) is 5.75 Å². The molecule has 0 fully saturated rings. The van der Waals surface area contributed by atoms with Crippen molar-refractivity contribution in [2.75, 3.05) is 12.4 Å². The predicted molar refractivity (Wildman–Crippen MR) is 127 cm³/mol. The molecule has 0 aliphatic carbocycles. The van der Waals surface area contributed by atoms with E-state index in [1.54, 1.807) is 19.2 Å². The van der Waals surface area contributed by atoms with Crippen LogP contribution in [-0.4, -0.2) is 35.2 Å². The summed E-state index contributed by atoms with van der Waals surface area (Å²) in [5.74, 6) is -0.142. The highest BCUT2D eigenvalue weighted by atomic mass is 35.5. The Morgan fingerprint density at radius 1 is 1.06 bits per heavy atom. The largest absolute Gasteiger partial charge is 0.497 e. The van der Waals surface area contributed by atoms with Crippen molar-refractivity contribution >= 4 is 39.9 Å². The summed E-state index contributed by atoms with van der Waals surface area (Å²) in [4.78, 5) is 25.7. The molecule has 3 rings (SSSR count). The molecule has 0 bridgehead atoms. The van der Waals surface area contributed by atoms with Gasteiger partial charge >= 0.3 is 0 Å². The predicted octanol–water partition coefficient (Wildman–Crippen LogP) is 4.66. The zero-order valence-electron chi connectivity index (χ0n) is 18.0. The number of benzene rings is 2. The third kappa shape index (κ3) is 5.83. The van der Waals surface area contributed by atoms with Gasteiger partial charge in [0.25, 0.3) is 0 Å². The molecule has 1 heterocycles. The number of methoxy groups -OCH3 is 1. The van der Waals surface area contributed by atoms with E-state index >= 15 is 0 Å². The molecular formula is C23H25ClN4O3S. The van der Waals surface area contributed by atoms with E-state index in [1.165, 1.54) is 11.3 Å². The first-order chi connectivity index (χ1) is 15.4. The molecule has 2 N–H and O–H groups in total. The van der Waals surface area contributed by atoms with Crippen molar-refractivity contribution in [2.24, 2.45) is 5.92 Å². The van der Waals surface area contributed by atoms with Crippen LogP contribution < -0.4 is 15.4 Å². The lowest BCUT2D eigenvalue weighted by atomic mass is 9.98. The lowest BCUT2D eigenvalue weighted by molar-refractivity contribution is -0.127. The van der Waals surface area contributed by atoms with Gasteiger partial charge in [0.15, 0.2) is 0 Å². The van der Waals surface area contributed by atoms with Crippen LogP contribution in [0, 0.1) is 5.92 Å². The molecular weight excluding hydrogens is 448 g/mol. The minimum absolute atomic E-state index is 0.104. The van der Waals surface area contributed by atoms with Crippen LogP contribution in [-0.2, 0) is 9.59 Å². The molecule has 0 saturated heterocycles. The fraction of sp³-hybridized carbons (Fsp3) is 0.304. The number of alkyl halides is 1. The topological polar surface area (TPSA) is 93.2 Å². The minimum atomic E-state index is -0.890. The van der Waals surface area contributed by atoms with Crippen molar-refractivity contribution in [3.8, 4) is 16.3 Å². The molecule has 0 aliphatic rings. The Hall–Kier alpha value is -2.97.